The summed E-state index contributed by atoms with van der Waals surface area (Å²) in [6.07, 6.45) is 4.96. The molecule has 0 radical (unpaired) electrons. The van der Waals surface area contributed by atoms with Gasteiger partial charge in [0, 0.05) is 32.5 Å². The lowest BCUT2D eigenvalue weighted by molar-refractivity contribution is 0.0376. The first-order chi connectivity index (χ1) is 12.7. The summed E-state index contributed by atoms with van der Waals surface area (Å²) in [4.78, 5) is 12.2. The molecule has 0 aromatic carbocycles. The van der Waals surface area contributed by atoms with Crippen LogP contribution in [-0.4, -0.2) is 42.1 Å². The van der Waals surface area contributed by atoms with Crippen LogP contribution in [0.4, 0.5) is 0 Å². The number of aromatic nitrogens is 2. The molecule has 1 amide bonds. The molecule has 0 aliphatic carbocycles. The van der Waals surface area contributed by atoms with Crippen molar-refractivity contribution in [2.24, 2.45) is 5.92 Å². The van der Waals surface area contributed by atoms with Crippen molar-refractivity contribution < 1.29 is 18.7 Å². The highest BCUT2D eigenvalue weighted by atomic mass is 16.5. The molecular weight excluding hydrogens is 334 g/mol. The third-order valence-electron chi connectivity index (χ3n) is 5.06. The maximum Gasteiger partial charge on any atom is 0.287 e. The highest BCUT2D eigenvalue weighted by molar-refractivity contribution is 5.91. The van der Waals surface area contributed by atoms with Gasteiger partial charge in [-0.05, 0) is 49.8 Å². The lowest BCUT2D eigenvalue weighted by atomic mass is 10.0. The molecule has 7 nitrogen and oxygen atoms in total. The maximum absolute atomic E-state index is 12.2. The highest BCUT2D eigenvalue weighted by Gasteiger charge is 2.26. The molecule has 0 spiro atoms. The van der Waals surface area contributed by atoms with Crippen LogP contribution in [0, 0.1) is 12.8 Å². The Labute approximate surface area is 152 Å². The molecule has 2 aliphatic rings. The van der Waals surface area contributed by atoms with Gasteiger partial charge in [0.15, 0.2) is 5.76 Å². The second kappa shape index (κ2) is 7.63. The zero-order valence-electron chi connectivity index (χ0n) is 15.1. The summed E-state index contributed by atoms with van der Waals surface area (Å²) in [5.74, 6) is 1.43. The predicted octanol–water partition coefficient (Wildman–Crippen LogP) is 2.25. The molecule has 1 saturated heterocycles. The van der Waals surface area contributed by atoms with Crippen LogP contribution in [0.2, 0.25) is 0 Å². The van der Waals surface area contributed by atoms with Crippen molar-refractivity contribution in [3.63, 3.8) is 0 Å². The third-order valence-corrected chi connectivity index (χ3v) is 5.06. The highest BCUT2D eigenvalue weighted by Crippen LogP contribution is 2.26. The van der Waals surface area contributed by atoms with Gasteiger partial charge >= 0.3 is 0 Å². The van der Waals surface area contributed by atoms with Crippen molar-refractivity contribution in [2.45, 2.75) is 38.8 Å². The van der Waals surface area contributed by atoms with E-state index < -0.39 is 0 Å². The fraction of sp³-hybridized carbons (Fsp3) is 0.579. The standard InChI is InChI=1S/C19H25N3O4/c1-13-2-3-16(26-13)19(23)20-10-17-18-15(6-9-25-17)12-22(21-18)11-14-4-7-24-8-5-14/h2-3,12,14,17H,4-11H2,1H3,(H,20,23). The van der Waals surface area contributed by atoms with E-state index in [0.29, 0.717) is 24.8 Å². The zero-order chi connectivity index (χ0) is 17.9. The number of carbonyl (C=O) groups excluding carboxylic acids is 1. The van der Waals surface area contributed by atoms with E-state index in [0.717, 1.165) is 50.5 Å². The number of hydrogen-bond donors (Lipinski definition) is 1. The Balaban J connectivity index is 1.39. The van der Waals surface area contributed by atoms with Crippen molar-refractivity contribution >= 4 is 5.91 Å². The number of furan rings is 1. The molecule has 7 heteroatoms. The normalized spacial score (nSPS) is 20.7. The number of fused-ring (bicyclic) bond motifs is 1. The molecule has 1 fully saturated rings. The van der Waals surface area contributed by atoms with Gasteiger partial charge in [0.05, 0.1) is 12.3 Å². The van der Waals surface area contributed by atoms with Crippen LogP contribution < -0.4 is 5.32 Å². The molecule has 140 valence electrons. The molecule has 4 rings (SSSR count). The van der Waals surface area contributed by atoms with E-state index >= 15 is 0 Å². The SMILES string of the molecule is Cc1ccc(C(=O)NCC2OCCc3cn(CC4CCOCC4)nc32)o1. The number of aryl methyl sites for hydroxylation is 1. The summed E-state index contributed by atoms with van der Waals surface area (Å²) in [6.45, 7) is 5.46. The Bertz CT molecular complexity index is 761. The molecule has 1 unspecified atom stereocenters. The van der Waals surface area contributed by atoms with Gasteiger partial charge in [0.1, 0.15) is 11.9 Å². The van der Waals surface area contributed by atoms with Gasteiger partial charge in [-0.2, -0.15) is 5.10 Å². The zero-order valence-corrected chi connectivity index (χ0v) is 15.1. The van der Waals surface area contributed by atoms with E-state index in [1.54, 1.807) is 12.1 Å². The van der Waals surface area contributed by atoms with Gasteiger partial charge in [-0.1, -0.05) is 0 Å². The summed E-state index contributed by atoms with van der Waals surface area (Å²) in [6, 6.07) is 3.46. The number of carbonyl (C=O) groups is 1. The first-order valence-electron chi connectivity index (χ1n) is 9.29. The lowest BCUT2D eigenvalue weighted by Gasteiger charge is -2.22. The average Bonchev–Trinajstić information content (AvgIpc) is 3.26. The molecule has 26 heavy (non-hydrogen) atoms. The van der Waals surface area contributed by atoms with E-state index in [9.17, 15) is 4.79 Å². The second-order valence-electron chi connectivity index (χ2n) is 7.05. The molecule has 0 saturated carbocycles. The molecular formula is C19H25N3O4. The quantitative estimate of drug-likeness (QED) is 0.886. The van der Waals surface area contributed by atoms with E-state index in [2.05, 4.69) is 11.5 Å². The summed E-state index contributed by atoms with van der Waals surface area (Å²) in [5.41, 5.74) is 2.16. The molecule has 1 N–H and O–H groups in total. The summed E-state index contributed by atoms with van der Waals surface area (Å²) in [5, 5.41) is 7.65. The molecule has 2 aromatic rings. The van der Waals surface area contributed by atoms with E-state index in [1.807, 2.05) is 11.6 Å². The predicted molar refractivity (Wildman–Crippen MR) is 93.9 cm³/mol. The van der Waals surface area contributed by atoms with Crippen molar-refractivity contribution in [3.8, 4) is 0 Å². The molecule has 0 bridgehead atoms. The molecule has 1 atom stereocenters. The number of hydrogen-bond acceptors (Lipinski definition) is 5. The van der Waals surface area contributed by atoms with Gasteiger partial charge in [-0.3, -0.25) is 9.48 Å². The number of amides is 1. The number of nitrogens with zero attached hydrogens (tertiary/aromatic N) is 2. The lowest BCUT2D eigenvalue weighted by Crippen LogP contribution is -2.31. The fourth-order valence-corrected chi connectivity index (χ4v) is 3.60. The van der Waals surface area contributed by atoms with Gasteiger partial charge in [-0.15, -0.1) is 0 Å². The minimum Gasteiger partial charge on any atom is -0.456 e. The van der Waals surface area contributed by atoms with Crippen LogP contribution in [0.15, 0.2) is 22.7 Å². The minimum atomic E-state index is -0.226. The van der Waals surface area contributed by atoms with Crippen LogP contribution in [-0.2, 0) is 22.4 Å². The Morgan fingerprint density at radius 3 is 2.92 bits per heavy atom. The number of rotatable bonds is 5. The first kappa shape index (κ1) is 17.3. The topological polar surface area (TPSA) is 78.5 Å². The first-order valence-corrected chi connectivity index (χ1v) is 9.29. The Morgan fingerprint density at radius 2 is 2.15 bits per heavy atom. The molecule has 4 heterocycles. The van der Waals surface area contributed by atoms with E-state index in [1.165, 1.54) is 5.56 Å². The maximum atomic E-state index is 12.2. The van der Waals surface area contributed by atoms with Gasteiger partial charge in [-0.25, -0.2) is 0 Å². The Kier molecular flexibility index (Phi) is 5.08. The van der Waals surface area contributed by atoms with Crippen LogP contribution in [0.3, 0.4) is 0 Å². The van der Waals surface area contributed by atoms with Crippen molar-refractivity contribution in [1.29, 1.82) is 0 Å². The average molecular weight is 359 g/mol. The van der Waals surface area contributed by atoms with Crippen LogP contribution >= 0.6 is 0 Å². The summed E-state index contributed by atoms with van der Waals surface area (Å²) in [7, 11) is 0. The fourth-order valence-electron chi connectivity index (χ4n) is 3.60. The van der Waals surface area contributed by atoms with E-state index in [-0.39, 0.29) is 12.0 Å². The van der Waals surface area contributed by atoms with Crippen molar-refractivity contribution in [3.05, 3.63) is 41.1 Å². The Morgan fingerprint density at radius 1 is 1.31 bits per heavy atom. The van der Waals surface area contributed by atoms with E-state index in [4.69, 9.17) is 19.0 Å². The molecule has 2 aromatic heterocycles. The third kappa shape index (κ3) is 3.83. The van der Waals surface area contributed by atoms with Gasteiger partial charge in [0.25, 0.3) is 5.91 Å². The minimum absolute atomic E-state index is 0.213. The van der Waals surface area contributed by atoms with Crippen LogP contribution in [0.5, 0.6) is 0 Å². The smallest absolute Gasteiger partial charge is 0.287 e. The number of nitrogens with one attached hydrogen (secondary N) is 1. The van der Waals surface area contributed by atoms with Crippen molar-refractivity contribution in [2.75, 3.05) is 26.4 Å². The largest absolute Gasteiger partial charge is 0.456 e. The number of ether oxygens (including phenoxy) is 2. The Hall–Kier alpha value is -2.12. The van der Waals surface area contributed by atoms with Gasteiger partial charge in [0.2, 0.25) is 0 Å². The van der Waals surface area contributed by atoms with Gasteiger partial charge < -0.3 is 19.2 Å². The molecule has 2 aliphatic heterocycles. The van der Waals surface area contributed by atoms with Crippen LogP contribution in [0.25, 0.3) is 0 Å². The van der Waals surface area contributed by atoms with Crippen LogP contribution in [0.1, 0.15) is 46.5 Å². The monoisotopic (exact) mass is 359 g/mol. The second-order valence-corrected chi connectivity index (χ2v) is 7.05. The summed E-state index contributed by atoms with van der Waals surface area (Å²) < 4.78 is 18.7. The summed E-state index contributed by atoms with van der Waals surface area (Å²) >= 11 is 0. The van der Waals surface area contributed by atoms with Crippen molar-refractivity contribution in [1.82, 2.24) is 15.1 Å².